The van der Waals surface area contributed by atoms with Crippen molar-refractivity contribution in [1.29, 1.82) is 0 Å². The number of aryl methyl sites for hydroxylation is 1. The number of fused-ring (bicyclic) bond motifs is 1. The molecule has 0 aromatic heterocycles. The number of aliphatic carboxylic acids is 1. The quantitative estimate of drug-likeness (QED) is 0.595. The van der Waals surface area contributed by atoms with E-state index in [1.165, 1.54) is 22.5 Å². The van der Waals surface area contributed by atoms with Crippen molar-refractivity contribution in [3.05, 3.63) is 39.9 Å². The minimum Gasteiger partial charge on any atom is -0.480 e. The Hall–Kier alpha value is -2.00. The van der Waals surface area contributed by atoms with Crippen molar-refractivity contribution in [2.24, 2.45) is 5.92 Å². The number of nitro groups is 1. The summed E-state index contributed by atoms with van der Waals surface area (Å²) in [4.78, 5) is 22.2. The van der Waals surface area contributed by atoms with Crippen LogP contribution in [0.2, 0.25) is 0 Å². The van der Waals surface area contributed by atoms with Gasteiger partial charge in [0.15, 0.2) is 0 Å². The van der Waals surface area contributed by atoms with Crippen molar-refractivity contribution in [2.75, 3.05) is 5.75 Å². The maximum atomic E-state index is 12.9. The van der Waals surface area contributed by atoms with E-state index in [0.29, 0.717) is 18.4 Å². The molecule has 1 aromatic rings. The number of sulfonamides is 1. The smallest absolute Gasteiger partial charge is 0.322 e. The van der Waals surface area contributed by atoms with Gasteiger partial charge in [0.1, 0.15) is 6.04 Å². The molecule has 0 amide bonds. The number of para-hydroxylation sites is 1. The van der Waals surface area contributed by atoms with E-state index < -0.39 is 27.0 Å². The molecule has 0 spiro atoms. The number of hydrogen-bond donors (Lipinski definition) is 1. The molecule has 9 heteroatoms. The second kappa shape index (κ2) is 7.32. The van der Waals surface area contributed by atoms with Crippen LogP contribution in [0.5, 0.6) is 0 Å². The Morgan fingerprint density at radius 1 is 1.27 bits per heavy atom. The number of nitrogens with zero attached hydrogens (tertiary/aromatic N) is 2. The highest BCUT2D eigenvalue weighted by molar-refractivity contribution is 7.89. The second-order valence-corrected chi connectivity index (χ2v) is 8.98. The van der Waals surface area contributed by atoms with Gasteiger partial charge in [-0.2, -0.15) is 4.31 Å². The molecule has 0 bridgehead atoms. The summed E-state index contributed by atoms with van der Waals surface area (Å²) in [5.41, 5.74) is 0.224. The Morgan fingerprint density at radius 2 is 1.96 bits per heavy atom. The molecule has 26 heavy (non-hydrogen) atoms. The number of benzene rings is 1. The lowest BCUT2D eigenvalue weighted by Gasteiger charge is -2.32. The molecule has 1 aliphatic carbocycles. The molecule has 8 nitrogen and oxygen atoms in total. The van der Waals surface area contributed by atoms with Gasteiger partial charge in [0, 0.05) is 17.7 Å². The fourth-order valence-corrected chi connectivity index (χ4v) is 6.22. The third kappa shape index (κ3) is 3.59. The molecule has 3 rings (SSSR count). The molecule has 0 radical (unpaired) electrons. The second-order valence-electron chi connectivity index (χ2n) is 6.98. The molecular formula is C17H22N2O6S. The zero-order valence-electron chi connectivity index (χ0n) is 14.3. The maximum absolute atomic E-state index is 12.9. The fraction of sp³-hybridized carbons (Fsp3) is 0.588. The average Bonchev–Trinajstić information content (AvgIpc) is 3.01. The molecule has 3 atom stereocenters. The van der Waals surface area contributed by atoms with Crippen molar-refractivity contribution in [2.45, 2.75) is 50.6 Å². The predicted octanol–water partition coefficient (Wildman–Crippen LogP) is 2.18. The Kier molecular flexibility index (Phi) is 5.29. The highest BCUT2D eigenvalue weighted by Gasteiger charge is 2.50. The topological polar surface area (TPSA) is 118 Å². The molecule has 1 aliphatic heterocycles. The average molecular weight is 382 g/mol. The van der Waals surface area contributed by atoms with Gasteiger partial charge in [-0.3, -0.25) is 14.9 Å². The highest BCUT2D eigenvalue weighted by atomic mass is 32.2. The van der Waals surface area contributed by atoms with Gasteiger partial charge < -0.3 is 5.11 Å². The van der Waals surface area contributed by atoms with E-state index in [0.717, 1.165) is 19.3 Å². The van der Waals surface area contributed by atoms with Gasteiger partial charge >= 0.3 is 5.97 Å². The first kappa shape index (κ1) is 18.8. The molecule has 1 aromatic carbocycles. The zero-order chi connectivity index (χ0) is 18.9. The van der Waals surface area contributed by atoms with Crippen LogP contribution in [0.1, 0.15) is 37.7 Å². The normalized spacial score (nSPS) is 26.4. The van der Waals surface area contributed by atoms with Crippen LogP contribution in [0.15, 0.2) is 24.3 Å². The van der Waals surface area contributed by atoms with Gasteiger partial charge in [-0.15, -0.1) is 0 Å². The monoisotopic (exact) mass is 382 g/mol. The first-order chi connectivity index (χ1) is 12.3. The van der Waals surface area contributed by atoms with Crippen LogP contribution in [0.4, 0.5) is 5.69 Å². The standard InChI is InChI=1S/C17H22N2O6S/c20-17(21)16-11-13-6-2-3-7-14(13)18(16)26(24,25)10-9-12-5-1-4-8-15(12)19(22)23/h1,4-5,8,13-14,16H,2-3,6-7,9-11H2,(H,20,21). The first-order valence-corrected chi connectivity index (χ1v) is 10.4. The minimum absolute atomic E-state index is 0.0142. The van der Waals surface area contributed by atoms with Crippen LogP contribution in [-0.2, 0) is 21.2 Å². The Labute approximate surface area is 152 Å². The van der Waals surface area contributed by atoms with Gasteiger partial charge in [0.05, 0.1) is 10.7 Å². The highest BCUT2D eigenvalue weighted by Crippen LogP contribution is 2.41. The van der Waals surface area contributed by atoms with Crippen LogP contribution in [0.3, 0.4) is 0 Å². The Morgan fingerprint density at radius 3 is 2.65 bits per heavy atom. The molecule has 2 aliphatic rings. The van der Waals surface area contributed by atoms with E-state index in [2.05, 4.69) is 0 Å². The lowest BCUT2D eigenvalue weighted by atomic mass is 9.85. The van der Waals surface area contributed by atoms with Crippen LogP contribution >= 0.6 is 0 Å². The van der Waals surface area contributed by atoms with Crippen LogP contribution in [0, 0.1) is 16.0 Å². The number of carboxylic acid groups (broad SMARTS) is 1. The Bertz CT molecular complexity index is 809. The van der Waals surface area contributed by atoms with Gasteiger partial charge in [0.2, 0.25) is 10.0 Å². The van der Waals surface area contributed by atoms with E-state index in [4.69, 9.17) is 0 Å². The van der Waals surface area contributed by atoms with Crippen molar-refractivity contribution >= 4 is 21.7 Å². The predicted molar refractivity (Wildman–Crippen MR) is 94.2 cm³/mol. The summed E-state index contributed by atoms with van der Waals surface area (Å²) in [7, 11) is -3.84. The minimum atomic E-state index is -3.84. The fourth-order valence-electron chi connectivity index (χ4n) is 4.27. The molecule has 142 valence electrons. The summed E-state index contributed by atoms with van der Waals surface area (Å²) in [5, 5.41) is 20.6. The van der Waals surface area contributed by atoms with E-state index in [1.807, 2.05) is 0 Å². The van der Waals surface area contributed by atoms with Crippen LogP contribution in [-0.4, -0.2) is 46.6 Å². The molecule has 1 saturated carbocycles. The van der Waals surface area contributed by atoms with Gasteiger partial charge in [-0.25, -0.2) is 8.42 Å². The lowest BCUT2D eigenvalue weighted by molar-refractivity contribution is -0.385. The van der Waals surface area contributed by atoms with Gasteiger partial charge in [0.25, 0.3) is 5.69 Å². The molecule has 1 heterocycles. The molecule has 3 unspecified atom stereocenters. The molecule has 1 N–H and O–H groups in total. The van der Waals surface area contributed by atoms with Crippen molar-refractivity contribution in [3.8, 4) is 0 Å². The van der Waals surface area contributed by atoms with Crippen LogP contribution in [0.25, 0.3) is 0 Å². The Balaban J connectivity index is 1.82. The van der Waals surface area contributed by atoms with Crippen molar-refractivity contribution < 1.29 is 23.2 Å². The van der Waals surface area contributed by atoms with Crippen molar-refractivity contribution in [3.63, 3.8) is 0 Å². The number of hydrogen-bond acceptors (Lipinski definition) is 5. The molecule has 2 fully saturated rings. The van der Waals surface area contributed by atoms with E-state index in [-0.39, 0.29) is 29.8 Å². The summed E-state index contributed by atoms with van der Waals surface area (Å²) in [5.74, 6) is -1.36. The van der Waals surface area contributed by atoms with Gasteiger partial charge in [-0.1, -0.05) is 31.0 Å². The SMILES string of the molecule is O=C(O)C1CC2CCCCC2N1S(=O)(=O)CCc1ccccc1[N+](=O)[O-]. The third-order valence-corrected chi connectivity index (χ3v) is 7.34. The van der Waals surface area contributed by atoms with E-state index in [1.54, 1.807) is 6.07 Å². The maximum Gasteiger partial charge on any atom is 0.322 e. The summed E-state index contributed by atoms with van der Waals surface area (Å²) in [6, 6.07) is 4.75. The zero-order valence-corrected chi connectivity index (χ0v) is 15.1. The number of rotatable bonds is 6. The molecular weight excluding hydrogens is 360 g/mol. The third-order valence-electron chi connectivity index (χ3n) is 5.45. The summed E-state index contributed by atoms with van der Waals surface area (Å²) in [6.45, 7) is 0. The lowest BCUT2D eigenvalue weighted by Crippen LogP contribution is -2.47. The largest absolute Gasteiger partial charge is 0.480 e. The summed E-state index contributed by atoms with van der Waals surface area (Å²) in [6.07, 6.45) is 3.76. The number of nitro benzene ring substituents is 1. The molecule has 1 saturated heterocycles. The summed E-state index contributed by atoms with van der Waals surface area (Å²) < 4.78 is 27.1. The van der Waals surface area contributed by atoms with Gasteiger partial charge in [-0.05, 0) is 31.6 Å². The van der Waals surface area contributed by atoms with E-state index in [9.17, 15) is 28.4 Å². The van der Waals surface area contributed by atoms with Crippen molar-refractivity contribution in [1.82, 2.24) is 4.31 Å². The number of carbonyl (C=O) groups is 1. The van der Waals surface area contributed by atoms with Crippen LogP contribution < -0.4 is 0 Å². The number of carboxylic acids is 1. The summed E-state index contributed by atoms with van der Waals surface area (Å²) >= 11 is 0. The first-order valence-electron chi connectivity index (χ1n) is 8.77. The van der Waals surface area contributed by atoms with E-state index >= 15 is 0 Å².